The van der Waals surface area contributed by atoms with Gasteiger partial charge in [0.1, 0.15) is 0 Å². The van der Waals surface area contributed by atoms with Crippen LogP contribution in [0.4, 0.5) is 4.79 Å². The molecule has 0 bridgehead atoms. The number of carbonyl (C=O) groups excluding carboxylic acids is 2. The van der Waals surface area contributed by atoms with Gasteiger partial charge >= 0.3 is 12.0 Å². The van der Waals surface area contributed by atoms with Crippen LogP contribution in [0.2, 0.25) is 0 Å². The maximum Gasteiger partial charge on any atom is 0.324 e. The van der Waals surface area contributed by atoms with E-state index in [1.54, 1.807) is 4.90 Å². The summed E-state index contributed by atoms with van der Waals surface area (Å²) in [4.78, 5) is 36.0. The van der Waals surface area contributed by atoms with Gasteiger partial charge in [-0.1, -0.05) is 6.92 Å². The van der Waals surface area contributed by atoms with Gasteiger partial charge in [-0.3, -0.25) is 14.9 Å². The van der Waals surface area contributed by atoms with Gasteiger partial charge in [0.25, 0.3) is 0 Å². The second kappa shape index (κ2) is 6.04. The fourth-order valence-corrected chi connectivity index (χ4v) is 1.93. The molecule has 1 aliphatic rings. The van der Waals surface area contributed by atoms with Gasteiger partial charge in [-0.15, -0.1) is 0 Å². The minimum absolute atomic E-state index is 0.210. The van der Waals surface area contributed by atoms with Crippen LogP contribution in [0.25, 0.3) is 0 Å². The number of hydrogen-bond acceptors (Lipinski definition) is 3. The summed E-state index contributed by atoms with van der Waals surface area (Å²) in [5, 5.41) is 11.2. The second-order valence-electron chi connectivity index (χ2n) is 5.89. The molecule has 1 saturated heterocycles. The van der Waals surface area contributed by atoms with Crippen LogP contribution < -0.4 is 5.32 Å². The van der Waals surface area contributed by atoms with Gasteiger partial charge < -0.3 is 10.0 Å². The molecule has 1 rings (SSSR count). The molecule has 0 aromatic carbocycles. The first-order valence-electron chi connectivity index (χ1n) is 6.54. The van der Waals surface area contributed by atoms with E-state index in [9.17, 15) is 14.4 Å². The zero-order valence-electron chi connectivity index (χ0n) is 11.7. The molecule has 2 N–H and O–H groups in total. The third-order valence-corrected chi connectivity index (χ3v) is 3.50. The molecule has 1 aliphatic heterocycles. The van der Waals surface area contributed by atoms with E-state index in [-0.39, 0.29) is 6.42 Å². The minimum Gasteiger partial charge on any atom is -0.481 e. The number of carboxylic acid groups (broad SMARTS) is 1. The number of urea groups is 1. The van der Waals surface area contributed by atoms with E-state index >= 15 is 0 Å². The Hall–Kier alpha value is -1.59. The van der Waals surface area contributed by atoms with E-state index in [4.69, 9.17) is 5.11 Å². The summed E-state index contributed by atoms with van der Waals surface area (Å²) in [6.07, 6.45) is 1.66. The van der Waals surface area contributed by atoms with Crippen molar-refractivity contribution in [3.8, 4) is 0 Å². The highest BCUT2D eigenvalue weighted by Crippen LogP contribution is 2.20. The molecule has 108 valence electrons. The topological polar surface area (TPSA) is 86.7 Å². The van der Waals surface area contributed by atoms with Crippen molar-refractivity contribution in [3.63, 3.8) is 0 Å². The molecular formula is C13H22N2O4. The molecule has 0 spiro atoms. The molecule has 0 aromatic rings. The molecule has 6 heteroatoms. The van der Waals surface area contributed by atoms with Crippen LogP contribution >= 0.6 is 0 Å². The number of aliphatic carboxylic acids is 1. The molecule has 19 heavy (non-hydrogen) atoms. The van der Waals surface area contributed by atoms with E-state index in [2.05, 4.69) is 12.2 Å². The average Bonchev–Trinajstić information content (AvgIpc) is 2.28. The van der Waals surface area contributed by atoms with Crippen molar-refractivity contribution in [3.05, 3.63) is 0 Å². The summed E-state index contributed by atoms with van der Waals surface area (Å²) >= 11 is 0. The van der Waals surface area contributed by atoms with Gasteiger partial charge in [-0.05, 0) is 32.6 Å². The molecule has 3 amide bonds. The van der Waals surface area contributed by atoms with Crippen LogP contribution in [0.3, 0.4) is 0 Å². The Morgan fingerprint density at radius 1 is 1.26 bits per heavy atom. The highest BCUT2D eigenvalue weighted by atomic mass is 16.4. The minimum atomic E-state index is -1.17. The summed E-state index contributed by atoms with van der Waals surface area (Å²) in [6, 6.07) is -0.418. The highest BCUT2D eigenvalue weighted by molar-refractivity contribution is 5.96. The van der Waals surface area contributed by atoms with Gasteiger partial charge in [0, 0.05) is 19.5 Å². The van der Waals surface area contributed by atoms with E-state index in [0.29, 0.717) is 19.0 Å². The maximum atomic E-state index is 11.8. The normalized spacial score (nSPS) is 17.1. The highest BCUT2D eigenvalue weighted by Gasteiger charge is 2.31. The Kier molecular flexibility index (Phi) is 4.91. The zero-order valence-corrected chi connectivity index (χ0v) is 11.7. The van der Waals surface area contributed by atoms with Crippen molar-refractivity contribution < 1.29 is 19.5 Å². The number of piperidine rings is 1. The average molecular weight is 270 g/mol. The van der Waals surface area contributed by atoms with Gasteiger partial charge in [-0.25, -0.2) is 4.79 Å². The molecule has 0 unspecified atom stereocenters. The van der Waals surface area contributed by atoms with Crippen molar-refractivity contribution >= 4 is 17.9 Å². The first kappa shape index (κ1) is 15.5. The number of carboxylic acids is 1. The van der Waals surface area contributed by atoms with E-state index in [1.165, 1.54) is 13.8 Å². The van der Waals surface area contributed by atoms with Crippen LogP contribution in [-0.2, 0) is 9.59 Å². The number of likely N-dealkylation sites (tertiary alicyclic amines) is 1. The van der Waals surface area contributed by atoms with Crippen molar-refractivity contribution in [2.45, 2.75) is 40.0 Å². The van der Waals surface area contributed by atoms with Gasteiger partial charge in [0.2, 0.25) is 5.91 Å². The summed E-state index contributed by atoms with van der Waals surface area (Å²) < 4.78 is 0. The molecule has 0 atom stereocenters. The van der Waals surface area contributed by atoms with Crippen LogP contribution in [0.1, 0.15) is 40.0 Å². The number of carbonyl (C=O) groups is 3. The Bertz CT molecular complexity index is 371. The maximum absolute atomic E-state index is 11.8. The van der Waals surface area contributed by atoms with Crippen LogP contribution in [0, 0.1) is 11.3 Å². The standard InChI is InChI=1S/C13H22N2O4/c1-9-4-6-15(7-5-9)12(19)14-10(16)8-13(2,3)11(17)18/h9H,4-8H2,1-3H3,(H,17,18)(H,14,16,19). The van der Waals surface area contributed by atoms with E-state index in [0.717, 1.165) is 12.8 Å². The third-order valence-electron chi connectivity index (χ3n) is 3.50. The SMILES string of the molecule is CC1CCN(C(=O)NC(=O)CC(C)(C)C(=O)O)CC1. The molecular weight excluding hydrogens is 248 g/mol. The van der Waals surface area contributed by atoms with Gasteiger partial charge in [0.15, 0.2) is 0 Å². The molecule has 1 fully saturated rings. The van der Waals surface area contributed by atoms with Crippen molar-refractivity contribution in [2.24, 2.45) is 11.3 Å². The smallest absolute Gasteiger partial charge is 0.324 e. The first-order chi connectivity index (χ1) is 8.72. The fourth-order valence-electron chi connectivity index (χ4n) is 1.93. The number of imide groups is 1. The van der Waals surface area contributed by atoms with E-state index in [1.807, 2.05) is 0 Å². The molecule has 0 aromatic heterocycles. The van der Waals surface area contributed by atoms with Crippen LogP contribution in [-0.4, -0.2) is 41.0 Å². The van der Waals surface area contributed by atoms with Crippen LogP contribution in [0.15, 0.2) is 0 Å². The van der Waals surface area contributed by atoms with Gasteiger partial charge in [-0.2, -0.15) is 0 Å². The number of rotatable bonds is 3. The number of amides is 3. The molecule has 0 radical (unpaired) electrons. The van der Waals surface area contributed by atoms with E-state index < -0.39 is 23.3 Å². The van der Waals surface area contributed by atoms with Crippen molar-refractivity contribution in [2.75, 3.05) is 13.1 Å². The lowest BCUT2D eigenvalue weighted by Crippen LogP contribution is -2.47. The first-order valence-corrected chi connectivity index (χ1v) is 6.54. The lowest BCUT2D eigenvalue weighted by Gasteiger charge is -2.30. The zero-order chi connectivity index (χ0) is 14.6. The third kappa shape index (κ3) is 4.54. The largest absolute Gasteiger partial charge is 0.481 e. The Morgan fingerprint density at radius 3 is 2.26 bits per heavy atom. The Labute approximate surface area is 113 Å². The Morgan fingerprint density at radius 2 is 1.79 bits per heavy atom. The lowest BCUT2D eigenvalue weighted by molar-refractivity contribution is -0.149. The lowest BCUT2D eigenvalue weighted by atomic mass is 9.89. The van der Waals surface area contributed by atoms with Crippen molar-refractivity contribution in [1.82, 2.24) is 10.2 Å². The monoisotopic (exact) mass is 270 g/mol. The quantitative estimate of drug-likeness (QED) is 0.812. The van der Waals surface area contributed by atoms with Crippen molar-refractivity contribution in [1.29, 1.82) is 0 Å². The van der Waals surface area contributed by atoms with Gasteiger partial charge in [0.05, 0.1) is 5.41 Å². The van der Waals surface area contributed by atoms with Crippen LogP contribution in [0.5, 0.6) is 0 Å². The number of nitrogens with zero attached hydrogens (tertiary/aromatic N) is 1. The summed E-state index contributed by atoms with van der Waals surface area (Å²) in [6.45, 7) is 6.34. The molecule has 6 nitrogen and oxygen atoms in total. The fraction of sp³-hybridized carbons (Fsp3) is 0.769. The Balaban J connectivity index is 2.44. The molecule has 0 saturated carbocycles. The summed E-state index contributed by atoms with van der Waals surface area (Å²) in [7, 11) is 0. The second-order valence-corrected chi connectivity index (χ2v) is 5.89. The summed E-state index contributed by atoms with van der Waals surface area (Å²) in [5.41, 5.74) is -1.17. The number of nitrogens with one attached hydrogen (secondary N) is 1. The molecule has 0 aliphatic carbocycles. The summed E-state index contributed by atoms with van der Waals surface area (Å²) in [5.74, 6) is -0.997. The predicted octanol–water partition coefficient (Wildman–Crippen LogP) is 1.46. The predicted molar refractivity (Wildman–Crippen MR) is 69.5 cm³/mol. The molecule has 1 heterocycles. The number of hydrogen-bond donors (Lipinski definition) is 2.